The molecule has 0 aliphatic heterocycles. The van der Waals surface area contributed by atoms with Gasteiger partial charge in [-0.1, -0.05) is 36.4 Å². The van der Waals surface area contributed by atoms with Gasteiger partial charge in [-0.05, 0) is 42.0 Å². The van der Waals surface area contributed by atoms with Crippen molar-refractivity contribution < 1.29 is 45.8 Å². The lowest BCUT2D eigenvalue weighted by Crippen LogP contribution is -2.21. The Morgan fingerprint density at radius 1 is 0.944 bits per heavy atom. The fourth-order valence-corrected chi connectivity index (χ4v) is 3.96. The molecule has 3 aromatic carbocycles. The molecule has 0 aliphatic rings. The van der Waals surface area contributed by atoms with Gasteiger partial charge in [0.15, 0.2) is 0 Å². The number of rotatable bonds is 7. The molecule has 0 aromatic heterocycles. The van der Waals surface area contributed by atoms with Crippen LogP contribution in [0.4, 0.5) is 28.9 Å². The lowest BCUT2D eigenvalue weighted by Gasteiger charge is -2.23. The fraction of sp³-hybridized carbons (Fsp3) is 0.130. The van der Waals surface area contributed by atoms with Gasteiger partial charge in [-0.25, -0.2) is 22.4 Å². The standard InChI is InChI=1S/C21H19FN2O4S.C2HF3O2/c1-24(14-15-6-3-2-4-7-15)20-11-10-16(21(25)26)12-19(20)23-29(27,28)18-9-5-8-17(22)13-18;3-2(4,5)1(6)7/h2-13,23H,14H2,1H3,(H,25,26);(H,6,7). The Balaban J connectivity index is 0.000000572. The predicted octanol–water partition coefficient (Wildman–Crippen LogP) is 4.59. The van der Waals surface area contributed by atoms with Crippen molar-refractivity contribution in [2.75, 3.05) is 16.7 Å². The highest BCUT2D eigenvalue weighted by atomic mass is 32.2. The highest BCUT2D eigenvalue weighted by molar-refractivity contribution is 7.92. The largest absolute Gasteiger partial charge is 0.490 e. The van der Waals surface area contributed by atoms with Gasteiger partial charge in [-0.15, -0.1) is 0 Å². The number of sulfonamides is 1. The Hall–Kier alpha value is -4.13. The SMILES string of the molecule is CN(Cc1ccccc1)c1ccc(C(=O)O)cc1NS(=O)(=O)c1cccc(F)c1.O=C(O)C(F)(F)F. The smallest absolute Gasteiger partial charge is 0.478 e. The zero-order valence-electron chi connectivity index (χ0n) is 18.5. The number of anilines is 2. The molecule has 3 rings (SSSR count). The molecule has 3 aromatic rings. The third-order valence-electron chi connectivity index (χ3n) is 4.51. The maximum absolute atomic E-state index is 13.5. The first-order chi connectivity index (χ1) is 16.7. The van der Waals surface area contributed by atoms with Crippen molar-refractivity contribution in [1.82, 2.24) is 0 Å². The highest BCUT2D eigenvalue weighted by Gasteiger charge is 2.38. The molecule has 192 valence electrons. The van der Waals surface area contributed by atoms with Gasteiger partial charge >= 0.3 is 18.1 Å². The number of carboxylic acid groups (broad SMARTS) is 2. The summed E-state index contributed by atoms with van der Waals surface area (Å²) >= 11 is 0. The van der Waals surface area contributed by atoms with Crippen LogP contribution in [0.1, 0.15) is 15.9 Å². The van der Waals surface area contributed by atoms with E-state index in [1.165, 1.54) is 30.3 Å². The molecule has 0 spiro atoms. The third-order valence-corrected chi connectivity index (χ3v) is 5.87. The van der Waals surface area contributed by atoms with E-state index in [0.717, 1.165) is 17.7 Å². The minimum Gasteiger partial charge on any atom is -0.478 e. The van der Waals surface area contributed by atoms with Crippen molar-refractivity contribution in [3.63, 3.8) is 0 Å². The zero-order valence-corrected chi connectivity index (χ0v) is 19.3. The Bertz CT molecular complexity index is 1330. The fourth-order valence-electron chi connectivity index (χ4n) is 2.86. The van der Waals surface area contributed by atoms with Crippen LogP contribution in [-0.4, -0.2) is 43.8 Å². The predicted molar refractivity (Wildman–Crippen MR) is 123 cm³/mol. The molecule has 3 N–H and O–H groups in total. The van der Waals surface area contributed by atoms with Gasteiger partial charge in [0.25, 0.3) is 10.0 Å². The normalized spacial score (nSPS) is 11.1. The van der Waals surface area contributed by atoms with E-state index in [2.05, 4.69) is 4.72 Å². The van der Waals surface area contributed by atoms with Gasteiger partial charge in [0.2, 0.25) is 0 Å². The van der Waals surface area contributed by atoms with Crippen LogP contribution in [0.3, 0.4) is 0 Å². The van der Waals surface area contributed by atoms with Gasteiger partial charge in [0.05, 0.1) is 21.8 Å². The molecule has 0 heterocycles. The summed E-state index contributed by atoms with van der Waals surface area (Å²) in [6.07, 6.45) is -5.08. The molecule has 0 unspecified atom stereocenters. The minimum absolute atomic E-state index is 0.0706. The van der Waals surface area contributed by atoms with Gasteiger partial charge in [0.1, 0.15) is 5.82 Å². The number of nitrogens with one attached hydrogen (secondary N) is 1. The van der Waals surface area contributed by atoms with Crippen LogP contribution in [0.2, 0.25) is 0 Å². The molecule has 0 atom stereocenters. The third kappa shape index (κ3) is 7.98. The Labute approximate surface area is 203 Å². The van der Waals surface area contributed by atoms with Crippen molar-refractivity contribution in [1.29, 1.82) is 0 Å². The van der Waals surface area contributed by atoms with Crippen molar-refractivity contribution in [3.05, 3.63) is 89.7 Å². The number of hydrogen-bond donors (Lipinski definition) is 3. The molecule has 0 aliphatic carbocycles. The van der Waals surface area contributed by atoms with E-state index in [0.29, 0.717) is 12.2 Å². The first-order valence-electron chi connectivity index (χ1n) is 9.91. The molecule has 0 fully saturated rings. The number of carboxylic acids is 2. The lowest BCUT2D eigenvalue weighted by molar-refractivity contribution is -0.192. The monoisotopic (exact) mass is 528 g/mol. The molecule has 0 saturated carbocycles. The van der Waals surface area contributed by atoms with Crippen LogP contribution in [-0.2, 0) is 21.4 Å². The summed E-state index contributed by atoms with van der Waals surface area (Å²) in [7, 11) is -2.35. The van der Waals surface area contributed by atoms with E-state index in [4.69, 9.17) is 9.90 Å². The average molecular weight is 528 g/mol. The first-order valence-corrected chi connectivity index (χ1v) is 11.4. The van der Waals surface area contributed by atoms with E-state index in [1.54, 1.807) is 11.9 Å². The van der Waals surface area contributed by atoms with Crippen molar-refractivity contribution in [2.24, 2.45) is 0 Å². The average Bonchev–Trinajstić information content (AvgIpc) is 2.79. The second-order valence-electron chi connectivity index (χ2n) is 7.24. The quantitative estimate of drug-likeness (QED) is 0.383. The van der Waals surface area contributed by atoms with E-state index in [-0.39, 0.29) is 16.1 Å². The zero-order chi connectivity index (χ0) is 27.1. The summed E-state index contributed by atoms with van der Waals surface area (Å²) in [6.45, 7) is 0.474. The summed E-state index contributed by atoms with van der Waals surface area (Å²) in [4.78, 5) is 21.8. The molecule has 8 nitrogen and oxygen atoms in total. The molecule has 13 heteroatoms. The van der Waals surface area contributed by atoms with Crippen LogP contribution in [0.15, 0.2) is 77.7 Å². The number of carbonyl (C=O) groups is 2. The van der Waals surface area contributed by atoms with E-state index < -0.39 is 34.0 Å². The summed E-state index contributed by atoms with van der Waals surface area (Å²) in [5.41, 5.74) is 1.50. The molecular formula is C23H20F4N2O6S. The van der Waals surface area contributed by atoms with Crippen LogP contribution < -0.4 is 9.62 Å². The summed E-state index contributed by atoms with van der Waals surface area (Å²) in [5, 5.41) is 16.4. The number of halogens is 4. The number of hydrogen-bond acceptors (Lipinski definition) is 5. The number of aromatic carboxylic acids is 1. The van der Waals surface area contributed by atoms with E-state index in [1.807, 2.05) is 30.3 Å². The molecule has 36 heavy (non-hydrogen) atoms. The second-order valence-corrected chi connectivity index (χ2v) is 8.93. The molecular weight excluding hydrogens is 508 g/mol. The summed E-state index contributed by atoms with van der Waals surface area (Å²) < 4.78 is 73.1. The van der Waals surface area contributed by atoms with Crippen molar-refractivity contribution >= 4 is 33.3 Å². The van der Waals surface area contributed by atoms with Gasteiger partial charge in [-0.2, -0.15) is 13.2 Å². The number of nitrogens with zero attached hydrogens (tertiary/aromatic N) is 1. The Morgan fingerprint density at radius 2 is 1.56 bits per heavy atom. The van der Waals surface area contributed by atoms with Crippen LogP contribution in [0.5, 0.6) is 0 Å². The van der Waals surface area contributed by atoms with E-state index in [9.17, 15) is 35.9 Å². The number of aliphatic carboxylic acids is 1. The van der Waals surface area contributed by atoms with Gasteiger partial charge < -0.3 is 15.1 Å². The Kier molecular flexibility index (Phi) is 9.00. The highest BCUT2D eigenvalue weighted by Crippen LogP contribution is 2.30. The van der Waals surface area contributed by atoms with Crippen molar-refractivity contribution in [3.8, 4) is 0 Å². The maximum atomic E-state index is 13.5. The number of benzene rings is 3. The van der Waals surface area contributed by atoms with Gasteiger partial charge in [0, 0.05) is 13.6 Å². The first kappa shape index (κ1) is 28.1. The lowest BCUT2D eigenvalue weighted by atomic mass is 10.1. The van der Waals surface area contributed by atoms with Crippen molar-refractivity contribution in [2.45, 2.75) is 17.6 Å². The van der Waals surface area contributed by atoms with Crippen LogP contribution >= 0.6 is 0 Å². The van der Waals surface area contributed by atoms with Crippen LogP contribution in [0.25, 0.3) is 0 Å². The second kappa shape index (κ2) is 11.5. The van der Waals surface area contributed by atoms with Gasteiger partial charge in [-0.3, -0.25) is 4.72 Å². The molecule has 0 saturated heterocycles. The summed E-state index contributed by atoms with van der Waals surface area (Å²) in [5.74, 6) is -4.63. The topological polar surface area (TPSA) is 124 Å². The Morgan fingerprint density at radius 3 is 2.08 bits per heavy atom. The van der Waals surface area contributed by atoms with E-state index >= 15 is 0 Å². The van der Waals surface area contributed by atoms with Crippen LogP contribution in [0, 0.1) is 5.82 Å². The summed E-state index contributed by atoms with van der Waals surface area (Å²) in [6, 6.07) is 18.3. The minimum atomic E-state index is -5.08. The molecule has 0 bridgehead atoms. The maximum Gasteiger partial charge on any atom is 0.490 e. The molecule has 0 amide bonds. The number of alkyl halides is 3. The molecule has 0 radical (unpaired) electrons.